The van der Waals surface area contributed by atoms with E-state index in [1.807, 2.05) is 30.3 Å². The van der Waals surface area contributed by atoms with Crippen LogP contribution in [-0.4, -0.2) is 28.0 Å². The Hall–Kier alpha value is -2.21. The zero-order valence-electron chi connectivity index (χ0n) is 11.0. The minimum Gasteiger partial charge on any atom is -0.480 e. The number of halogens is 1. The van der Waals surface area contributed by atoms with Crippen LogP contribution in [0.3, 0.4) is 0 Å². The molecule has 21 heavy (non-hydrogen) atoms. The molecule has 6 heteroatoms. The first-order chi connectivity index (χ1) is 10.1. The highest BCUT2D eigenvalue weighted by molar-refractivity contribution is 9.10. The normalized spacial score (nSPS) is 11.7. The van der Waals surface area contributed by atoms with Crippen molar-refractivity contribution >= 4 is 27.8 Å². The number of hydrogen-bond acceptors (Lipinski definition) is 3. The predicted molar refractivity (Wildman–Crippen MR) is 81.0 cm³/mol. The number of pyridine rings is 1. The Labute approximate surface area is 130 Å². The fourth-order valence-corrected chi connectivity index (χ4v) is 2.03. The Morgan fingerprint density at radius 3 is 2.48 bits per heavy atom. The largest absolute Gasteiger partial charge is 0.480 e. The van der Waals surface area contributed by atoms with Crippen LogP contribution in [0.25, 0.3) is 0 Å². The second-order valence-electron chi connectivity index (χ2n) is 4.42. The third-order valence-electron chi connectivity index (χ3n) is 2.85. The SMILES string of the molecule is O=C(N[C@H](Cc1ccccc1)C(=O)O)c1ccc(Br)cn1. The number of carbonyl (C=O) groups is 2. The summed E-state index contributed by atoms with van der Waals surface area (Å²) in [4.78, 5) is 27.2. The molecule has 0 bridgehead atoms. The van der Waals surface area contributed by atoms with E-state index in [0.29, 0.717) is 0 Å². The summed E-state index contributed by atoms with van der Waals surface area (Å²) in [6.07, 6.45) is 1.71. The molecule has 2 N–H and O–H groups in total. The van der Waals surface area contributed by atoms with Crippen molar-refractivity contribution < 1.29 is 14.7 Å². The fourth-order valence-electron chi connectivity index (χ4n) is 1.79. The minimum absolute atomic E-state index is 0.178. The summed E-state index contributed by atoms with van der Waals surface area (Å²) in [5.74, 6) is -1.59. The van der Waals surface area contributed by atoms with Crippen LogP contribution in [0.1, 0.15) is 16.1 Å². The molecule has 0 aliphatic heterocycles. The monoisotopic (exact) mass is 348 g/mol. The molecule has 0 aliphatic carbocycles. The highest BCUT2D eigenvalue weighted by Gasteiger charge is 2.21. The number of carbonyl (C=O) groups excluding carboxylic acids is 1. The molecule has 0 spiro atoms. The maximum Gasteiger partial charge on any atom is 0.326 e. The van der Waals surface area contributed by atoms with Gasteiger partial charge in [-0.1, -0.05) is 30.3 Å². The van der Waals surface area contributed by atoms with E-state index in [1.165, 1.54) is 12.3 Å². The van der Waals surface area contributed by atoms with Crippen LogP contribution in [0.15, 0.2) is 53.1 Å². The van der Waals surface area contributed by atoms with Crippen LogP contribution in [0.5, 0.6) is 0 Å². The highest BCUT2D eigenvalue weighted by Crippen LogP contribution is 2.08. The number of carboxylic acid groups (broad SMARTS) is 1. The molecule has 0 fully saturated rings. The Morgan fingerprint density at radius 1 is 1.19 bits per heavy atom. The van der Waals surface area contributed by atoms with Gasteiger partial charge in [0, 0.05) is 17.1 Å². The Kier molecular flexibility index (Phi) is 5.05. The Bertz CT molecular complexity index is 629. The molecule has 1 aromatic heterocycles. The summed E-state index contributed by atoms with van der Waals surface area (Å²) in [7, 11) is 0. The van der Waals surface area contributed by atoms with E-state index in [2.05, 4.69) is 26.2 Å². The van der Waals surface area contributed by atoms with Gasteiger partial charge in [0.1, 0.15) is 11.7 Å². The van der Waals surface area contributed by atoms with Gasteiger partial charge < -0.3 is 10.4 Å². The zero-order chi connectivity index (χ0) is 15.2. The van der Waals surface area contributed by atoms with Crippen molar-refractivity contribution in [1.29, 1.82) is 0 Å². The number of hydrogen-bond donors (Lipinski definition) is 2. The van der Waals surface area contributed by atoms with E-state index >= 15 is 0 Å². The molecule has 1 atom stereocenters. The number of benzene rings is 1. The Morgan fingerprint density at radius 2 is 1.90 bits per heavy atom. The van der Waals surface area contributed by atoms with Crippen molar-refractivity contribution in [2.24, 2.45) is 0 Å². The van der Waals surface area contributed by atoms with Crippen molar-refractivity contribution in [3.63, 3.8) is 0 Å². The van der Waals surface area contributed by atoms with Crippen molar-refractivity contribution in [1.82, 2.24) is 10.3 Å². The number of amides is 1. The topological polar surface area (TPSA) is 79.3 Å². The highest BCUT2D eigenvalue weighted by atomic mass is 79.9. The summed E-state index contributed by atoms with van der Waals surface area (Å²) >= 11 is 3.22. The van der Waals surface area contributed by atoms with E-state index in [1.54, 1.807) is 6.07 Å². The van der Waals surface area contributed by atoms with Gasteiger partial charge in [0.15, 0.2) is 0 Å². The molecule has 1 heterocycles. The molecular weight excluding hydrogens is 336 g/mol. The van der Waals surface area contributed by atoms with Crippen molar-refractivity contribution in [3.05, 3.63) is 64.4 Å². The predicted octanol–water partition coefficient (Wildman–Crippen LogP) is 2.27. The third kappa shape index (κ3) is 4.39. The summed E-state index contributed by atoms with van der Waals surface area (Å²) in [6, 6.07) is 11.4. The zero-order valence-corrected chi connectivity index (χ0v) is 12.6. The molecule has 5 nitrogen and oxygen atoms in total. The lowest BCUT2D eigenvalue weighted by atomic mass is 10.1. The summed E-state index contributed by atoms with van der Waals surface area (Å²) in [5.41, 5.74) is 1.02. The van der Waals surface area contributed by atoms with Crippen LogP contribution in [0.2, 0.25) is 0 Å². The molecule has 2 aromatic rings. The quantitative estimate of drug-likeness (QED) is 0.868. The molecule has 2 rings (SSSR count). The molecule has 1 amide bonds. The van der Waals surface area contributed by atoms with E-state index in [4.69, 9.17) is 0 Å². The maximum absolute atomic E-state index is 12.0. The van der Waals surface area contributed by atoms with Crippen LogP contribution in [0.4, 0.5) is 0 Å². The van der Waals surface area contributed by atoms with Gasteiger partial charge in [-0.05, 0) is 33.6 Å². The second-order valence-corrected chi connectivity index (χ2v) is 5.33. The molecular formula is C15H13BrN2O3. The average molecular weight is 349 g/mol. The van der Waals surface area contributed by atoms with Gasteiger partial charge >= 0.3 is 5.97 Å². The smallest absolute Gasteiger partial charge is 0.326 e. The fraction of sp³-hybridized carbons (Fsp3) is 0.133. The molecule has 0 saturated carbocycles. The number of nitrogens with zero attached hydrogens (tertiary/aromatic N) is 1. The van der Waals surface area contributed by atoms with Crippen molar-refractivity contribution in [3.8, 4) is 0 Å². The van der Waals surface area contributed by atoms with E-state index in [-0.39, 0.29) is 12.1 Å². The van der Waals surface area contributed by atoms with Gasteiger partial charge in [-0.25, -0.2) is 9.78 Å². The second kappa shape index (κ2) is 6.99. The van der Waals surface area contributed by atoms with Gasteiger partial charge in [0.2, 0.25) is 0 Å². The lowest BCUT2D eigenvalue weighted by Gasteiger charge is -2.14. The number of aliphatic carboxylic acids is 1. The van der Waals surface area contributed by atoms with Crippen molar-refractivity contribution in [2.75, 3.05) is 0 Å². The number of aromatic nitrogens is 1. The summed E-state index contributed by atoms with van der Waals surface area (Å²) < 4.78 is 0.748. The van der Waals surface area contributed by atoms with Crippen LogP contribution in [0, 0.1) is 0 Å². The first-order valence-corrected chi connectivity index (χ1v) is 7.04. The maximum atomic E-state index is 12.0. The van der Waals surface area contributed by atoms with E-state index in [0.717, 1.165) is 10.0 Å². The number of nitrogens with one attached hydrogen (secondary N) is 1. The molecule has 0 saturated heterocycles. The van der Waals surface area contributed by atoms with Crippen molar-refractivity contribution in [2.45, 2.75) is 12.5 Å². The summed E-state index contributed by atoms with van der Waals surface area (Å²) in [5, 5.41) is 11.7. The van der Waals surface area contributed by atoms with Gasteiger partial charge in [-0.2, -0.15) is 0 Å². The van der Waals surface area contributed by atoms with Gasteiger partial charge in [0.05, 0.1) is 0 Å². The summed E-state index contributed by atoms with van der Waals surface area (Å²) in [6.45, 7) is 0. The first kappa shape index (κ1) is 15.2. The van der Waals surface area contributed by atoms with Gasteiger partial charge in [-0.3, -0.25) is 4.79 Å². The number of rotatable bonds is 5. The van der Waals surface area contributed by atoms with Crippen LogP contribution in [-0.2, 0) is 11.2 Å². The average Bonchev–Trinajstić information content (AvgIpc) is 2.48. The van der Waals surface area contributed by atoms with Crippen LogP contribution < -0.4 is 5.32 Å². The molecule has 1 aromatic carbocycles. The van der Waals surface area contributed by atoms with E-state index < -0.39 is 17.9 Å². The molecule has 108 valence electrons. The molecule has 0 aliphatic rings. The standard InChI is InChI=1S/C15H13BrN2O3/c16-11-6-7-12(17-9-11)14(19)18-13(15(20)21)8-10-4-2-1-3-5-10/h1-7,9,13H,8H2,(H,18,19)(H,20,21)/t13-/m1/s1. The minimum atomic E-state index is -1.08. The first-order valence-electron chi connectivity index (χ1n) is 6.25. The third-order valence-corrected chi connectivity index (χ3v) is 3.32. The van der Waals surface area contributed by atoms with Gasteiger partial charge in [-0.15, -0.1) is 0 Å². The van der Waals surface area contributed by atoms with E-state index in [9.17, 15) is 14.7 Å². The van der Waals surface area contributed by atoms with Crippen LogP contribution >= 0.6 is 15.9 Å². The van der Waals surface area contributed by atoms with Gasteiger partial charge in [0.25, 0.3) is 5.91 Å². The molecule has 0 unspecified atom stereocenters. The molecule has 0 radical (unpaired) electrons. The lowest BCUT2D eigenvalue weighted by Crippen LogP contribution is -2.42. The number of carboxylic acids is 1. The lowest BCUT2D eigenvalue weighted by molar-refractivity contribution is -0.139. The Balaban J connectivity index is 2.07.